The van der Waals surface area contributed by atoms with Gasteiger partial charge in [0.15, 0.2) is 0 Å². The van der Waals surface area contributed by atoms with Crippen molar-refractivity contribution in [2.45, 2.75) is 0 Å². The number of fused-ring (bicyclic) bond motifs is 7. The predicted molar refractivity (Wildman–Crippen MR) is 231 cm³/mol. The Labute approximate surface area is 322 Å². The first-order chi connectivity index (χ1) is 27.7. The van der Waals surface area contributed by atoms with Crippen molar-refractivity contribution in [2.75, 3.05) is 4.90 Å². The molecule has 0 fully saturated rings. The van der Waals surface area contributed by atoms with Gasteiger partial charge in [0.05, 0.1) is 11.0 Å². The molecule has 0 aliphatic carbocycles. The van der Waals surface area contributed by atoms with E-state index in [0.29, 0.717) is 5.52 Å². The van der Waals surface area contributed by atoms with Gasteiger partial charge in [-0.25, -0.2) is 4.39 Å². The van der Waals surface area contributed by atoms with Gasteiger partial charge < -0.3 is 13.9 Å². The van der Waals surface area contributed by atoms with Crippen LogP contribution in [0.5, 0.6) is 0 Å². The van der Waals surface area contributed by atoms with Gasteiger partial charge in [-0.1, -0.05) is 127 Å². The van der Waals surface area contributed by atoms with E-state index < -0.39 is 0 Å². The zero-order valence-corrected chi connectivity index (χ0v) is 30.2. The first kappa shape index (κ1) is 32.0. The molecule has 0 atom stereocenters. The van der Waals surface area contributed by atoms with Gasteiger partial charge in [0.1, 0.15) is 17.0 Å². The van der Waals surface area contributed by atoms with Crippen molar-refractivity contribution in [1.82, 2.24) is 4.57 Å². The third-order valence-electron chi connectivity index (χ3n) is 11.1. The number of nitrogens with zero attached hydrogens (tertiary/aromatic N) is 2. The van der Waals surface area contributed by atoms with Crippen molar-refractivity contribution in [3.8, 4) is 27.9 Å². The fourth-order valence-electron chi connectivity index (χ4n) is 8.38. The third kappa shape index (κ3) is 5.19. The lowest BCUT2D eigenvalue weighted by Gasteiger charge is -2.26. The molecular formula is C52H33FN2O. The van der Waals surface area contributed by atoms with Crippen LogP contribution in [0.4, 0.5) is 21.5 Å². The van der Waals surface area contributed by atoms with Crippen molar-refractivity contribution in [1.29, 1.82) is 0 Å². The highest BCUT2D eigenvalue weighted by Gasteiger charge is 2.18. The lowest BCUT2D eigenvalue weighted by molar-refractivity contribution is 0.635. The van der Waals surface area contributed by atoms with Gasteiger partial charge in [-0.15, -0.1) is 0 Å². The van der Waals surface area contributed by atoms with Crippen molar-refractivity contribution < 1.29 is 8.81 Å². The topological polar surface area (TPSA) is 21.3 Å². The number of anilines is 3. The normalized spacial score (nSPS) is 11.7. The van der Waals surface area contributed by atoms with Crippen LogP contribution in [-0.4, -0.2) is 4.57 Å². The average molecular weight is 721 g/mol. The second-order valence-corrected chi connectivity index (χ2v) is 14.3. The van der Waals surface area contributed by atoms with E-state index in [9.17, 15) is 0 Å². The van der Waals surface area contributed by atoms with Crippen LogP contribution in [-0.2, 0) is 0 Å². The van der Waals surface area contributed by atoms with Crippen LogP contribution in [0.25, 0.3) is 82.5 Å². The minimum absolute atomic E-state index is 0.241. The molecule has 9 aromatic carbocycles. The summed E-state index contributed by atoms with van der Waals surface area (Å²) in [6, 6.07) is 68.9. The molecule has 0 bridgehead atoms. The maximum absolute atomic E-state index is 15.5. The number of aromatic nitrogens is 1. The Hall–Kier alpha value is -7.43. The Bertz CT molecular complexity index is 3250. The van der Waals surface area contributed by atoms with Gasteiger partial charge in [0.2, 0.25) is 0 Å². The Balaban J connectivity index is 1.02. The Morgan fingerprint density at radius 2 is 1.02 bits per heavy atom. The maximum atomic E-state index is 15.5. The van der Waals surface area contributed by atoms with E-state index in [1.54, 1.807) is 6.07 Å². The molecule has 11 aromatic rings. The van der Waals surface area contributed by atoms with Crippen LogP contribution >= 0.6 is 0 Å². The van der Waals surface area contributed by atoms with E-state index in [1.807, 2.05) is 34.9 Å². The van der Waals surface area contributed by atoms with E-state index in [1.165, 1.54) is 22.4 Å². The summed E-state index contributed by atoms with van der Waals surface area (Å²) < 4.78 is 23.9. The predicted octanol–water partition coefficient (Wildman–Crippen LogP) is 14.8. The van der Waals surface area contributed by atoms with Crippen LogP contribution < -0.4 is 4.90 Å². The van der Waals surface area contributed by atoms with Gasteiger partial charge in [-0.3, -0.25) is 0 Å². The number of halogens is 1. The lowest BCUT2D eigenvalue weighted by Crippen LogP contribution is -2.10. The molecule has 2 aromatic heterocycles. The number of para-hydroxylation sites is 4. The highest BCUT2D eigenvalue weighted by molar-refractivity contribution is 6.10. The molecule has 0 N–H and O–H groups in total. The summed E-state index contributed by atoms with van der Waals surface area (Å²) in [6.45, 7) is 0. The van der Waals surface area contributed by atoms with Crippen molar-refractivity contribution in [2.24, 2.45) is 0 Å². The highest BCUT2D eigenvalue weighted by atomic mass is 19.1. The summed E-state index contributed by atoms with van der Waals surface area (Å²) in [5, 5.41) is 6.60. The van der Waals surface area contributed by atoms with E-state index in [0.717, 1.165) is 77.7 Å². The summed E-state index contributed by atoms with van der Waals surface area (Å²) >= 11 is 0. The Kier molecular flexibility index (Phi) is 7.36. The number of benzene rings is 9. The second-order valence-electron chi connectivity index (χ2n) is 14.3. The van der Waals surface area contributed by atoms with E-state index in [2.05, 4.69) is 163 Å². The van der Waals surface area contributed by atoms with Crippen molar-refractivity contribution in [3.63, 3.8) is 0 Å². The smallest absolute Gasteiger partial charge is 0.147 e. The number of hydrogen-bond acceptors (Lipinski definition) is 2. The third-order valence-corrected chi connectivity index (χ3v) is 11.1. The molecule has 0 amide bonds. The summed E-state index contributed by atoms with van der Waals surface area (Å²) in [6.07, 6.45) is 0. The van der Waals surface area contributed by atoms with E-state index in [4.69, 9.17) is 4.42 Å². The molecule has 0 saturated carbocycles. The summed E-state index contributed by atoms with van der Waals surface area (Å²) in [5.74, 6) is -0.241. The van der Waals surface area contributed by atoms with Gasteiger partial charge in [-0.05, 0) is 100 Å². The Morgan fingerprint density at radius 1 is 0.429 bits per heavy atom. The molecule has 56 heavy (non-hydrogen) atoms. The molecule has 0 aliphatic rings. The fourth-order valence-corrected chi connectivity index (χ4v) is 8.38. The number of furan rings is 1. The van der Waals surface area contributed by atoms with Crippen LogP contribution in [0.2, 0.25) is 0 Å². The molecule has 0 radical (unpaired) electrons. The van der Waals surface area contributed by atoms with Crippen molar-refractivity contribution in [3.05, 3.63) is 206 Å². The van der Waals surface area contributed by atoms with Crippen molar-refractivity contribution >= 4 is 71.6 Å². The summed E-state index contributed by atoms with van der Waals surface area (Å²) in [4.78, 5) is 2.27. The molecule has 0 aliphatic heterocycles. The molecule has 0 spiro atoms. The second kappa shape index (κ2) is 12.9. The summed E-state index contributed by atoms with van der Waals surface area (Å²) in [5.41, 5.74) is 11.7. The van der Waals surface area contributed by atoms with Gasteiger partial charge >= 0.3 is 0 Å². The average Bonchev–Trinajstić information content (AvgIpc) is 3.81. The molecule has 264 valence electrons. The van der Waals surface area contributed by atoms with E-state index >= 15 is 4.39 Å². The summed E-state index contributed by atoms with van der Waals surface area (Å²) in [7, 11) is 0. The first-order valence-electron chi connectivity index (χ1n) is 18.9. The molecule has 4 heteroatoms. The quantitative estimate of drug-likeness (QED) is 0.171. The maximum Gasteiger partial charge on any atom is 0.147 e. The standard InChI is InChI=1S/C52H33FN2O/c53-48-16-8-14-46-44-11-3-5-17-49(44)55(51(46)48)42-31-29-41(30-32-42)54(39-25-21-35(22-26-39)38-20-19-34-9-1-2-10-37(34)33-38)40-27-23-36(24-28-40)43-13-7-15-47-45-12-4-6-18-50(45)56-52(43)47/h1-33H. The van der Waals surface area contributed by atoms with Crippen LogP contribution in [0.1, 0.15) is 0 Å². The minimum Gasteiger partial charge on any atom is -0.455 e. The van der Waals surface area contributed by atoms with Crippen LogP contribution in [0, 0.1) is 5.82 Å². The fraction of sp³-hybridized carbons (Fsp3) is 0. The van der Waals surface area contributed by atoms with Gasteiger partial charge in [0.25, 0.3) is 0 Å². The monoisotopic (exact) mass is 720 g/mol. The highest BCUT2D eigenvalue weighted by Crippen LogP contribution is 2.41. The molecular weight excluding hydrogens is 688 g/mol. The van der Waals surface area contributed by atoms with Crippen LogP contribution in [0.15, 0.2) is 205 Å². The van der Waals surface area contributed by atoms with Gasteiger partial charge in [0, 0.05) is 49.9 Å². The zero-order valence-electron chi connectivity index (χ0n) is 30.2. The van der Waals surface area contributed by atoms with E-state index in [-0.39, 0.29) is 5.82 Å². The minimum atomic E-state index is -0.241. The molecule has 2 heterocycles. The number of hydrogen-bond donors (Lipinski definition) is 0. The van der Waals surface area contributed by atoms with Crippen LogP contribution in [0.3, 0.4) is 0 Å². The molecule has 0 unspecified atom stereocenters. The SMILES string of the molecule is Fc1cccc2c3ccccc3n(-c3ccc(N(c4ccc(-c5ccc6ccccc6c5)cc4)c4ccc(-c5cccc6c5oc5ccccc56)cc4)cc3)c12. The lowest BCUT2D eigenvalue weighted by atomic mass is 10.0. The first-order valence-corrected chi connectivity index (χ1v) is 18.9. The molecule has 3 nitrogen and oxygen atoms in total. The van der Waals surface area contributed by atoms with Gasteiger partial charge in [-0.2, -0.15) is 0 Å². The Morgan fingerprint density at radius 3 is 1.80 bits per heavy atom. The zero-order chi connectivity index (χ0) is 37.2. The molecule has 11 rings (SSSR count). The largest absolute Gasteiger partial charge is 0.455 e. The molecule has 0 saturated heterocycles. The number of rotatable bonds is 6.